The van der Waals surface area contributed by atoms with E-state index in [4.69, 9.17) is 5.73 Å². The maximum atomic E-state index is 12.3. The van der Waals surface area contributed by atoms with Gasteiger partial charge in [-0.15, -0.1) is 0 Å². The summed E-state index contributed by atoms with van der Waals surface area (Å²) in [4.78, 5) is 0. The highest BCUT2D eigenvalue weighted by atomic mass is 32.2. The van der Waals surface area contributed by atoms with Crippen LogP contribution in [0.25, 0.3) is 0 Å². The first-order valence-corrected chi connectivity index (χ1v) is 9.51. The summed E-state index contributed by atoms with van der Waals surface area (Å²) in [5.41, 5.74) is 6.04. The lowest BCUT2D eigenvalue weighted by Crippen LogP contribution is -2.42. The zero-order valence-electron chi connectivity index (χ0n) is 11.7. The van der Waals surface area contributed by atoms with Crippen molar-refractivity contribution in [2.75, 3.05) is 12.8 Å². The Morgan fingerprint density at radius 2 is 2.15 bits per heavy atom. The van der Waals surface area contributed by atoms with E-state index in [1.165, 1.54) is 25.5 Å². The topological polar surface area (TPSA) is 101 Å². The molecular formula is C12H22N4O2S2. The fourth-order valence-electron chi connectivity index (χ4n) is 2.63. The fourth-order valence-corrected chi connectivity index (χ4v) is 4.89. The molecule has 20 heavy (non-hydrogen) atoms. The standard InChI is InChI=1S/C12H22N4O2S2/c1-19-12(5-3-2-4-6-12)9-15-20(17,18)11-10(7-13)8-14-16-11/h8,15H,2-7,9,13H2,1H3,(H,14,16). The predicted octanol–water partition coefficient (Wildman–Crippen LogP) is 1.21. The van der Waals surface area contributed by atoms with Gasteiger partial charge in [0.1, 0.15) is 0 Å². The largest absolute Gasteiger partial charge is 0.326 e. The molecule has 8 heteroatoms. The normalized spacial score (nSPS) is 19.1. The Bertz CT molecular complexity index is 535. The van der Waals surface area contributed by atoms with Gasteiger partial charge in [0.05, 0.1) is 6.20 Å². The van der Waals surface area contributed by atoms with Gasteiger partial charge in [0.25, 0.3) is 10.0 Å². The molecule has 1 aromatic heterocycles. The lowest BCUT2D eigenvalue weighted by molar-refractivity contribution is 0.394. The van der Waals surface area contributed by atoms with Crippen molar-refractivity contribution in [3.05, 3.63) is 11.8 Å². The van der Waals surface area contributed by atoms with Gasteiger partial charge in [-0.3, -0.25) is 5.10 Å². The highest BCUT2D eigenvalue weighted by molar-refractivity contribution is 8.00. The smallest absolute Gasteiger partial charge is 0.257 e. The van der Waals surface area contributed by atoms with E-state index >= 15 is 0 Å². The average molecular weight is 318 g/mol. The van der Waals surface area contributed by atoms with Crippen molar-refractivity contribution >= 4 is 21.8 Å². The minimum Gasteiger partial charge on any atom is -0.326 e. The lowest BCUT2D eigenvalue weighted by atomic mass is 9.88. The Hall–Kier alpha value is -0.570. The summed E-state index contributed by atoms with van der Waals surface area (Å²) in [6, 6.07) is 0. The maximum absolute atomic E-state index is 12.3. The van der Waals surface area contributed by atoms with Crippen molar-refractivity contribution in [3.63, 3.8) is 0 Å². The molecule has 0 unspecified atom stereocenters. The number of aromatic amines is 1. The zero-order valence-corrected chi connectivity index (χ0v) is 13.3. The van der Waals surface area contributed by atoms with Gasteiger partial charge in [-0.05, 0) is 19.1 Å². The van der Waals surface area contributed by atoms with Crippen LogP contribution in [0.3, 0.4) is 0 Å². The first kappa shape index (κ1) is 15.8. The second-order valence-electron chi connectivity index (χ2n) is 5.20. The third kappa shape index (κ3) is 3.36. The Morgan fingerprint density at radius 1 is 1.45 bits per heavy atom. The van der Waals surface area contributed by atoms with Gasteiger partial charge < -0.3 is 5.73 Å². The monoisotopic (exact) mass is 318 g/mol. The average Bonchev–Trinajstić information content (AvgIpc) is 2.96. The van der Waals surface area contributed by atoms with Gasteiger partial charge in [-0.2, -0.15) is 16.9 Å². The van der Waals surface area contributed by atoms with Crippen LogP contribution in [0.1, 0.15) is 37.7 Å². The number of rotatable bonds is 6. The summed E-state index contributed by atoms with van der Waals surface area (Å²) in [6.45, 7) is 0.611. The third-order valence-electron chi connectivity index (χ3n) is 3.95. The second-order valence-corrected chi connectivity index (χ2v) is 8.18. The van der Waals surface area contributed by atoms with Crippen LogP contribution in [-0.2, 0) is 16.6 Å². The molecule has 0 atom stereocenters. The number of nitrogens with one attached hydrogen (secondary N) is 2. The predicted molar refractivity (Wildman–Crippen MR) is 81.0 cm³/mol. The van der Waals surface area contributed by atoms with E-state index in [2.05, 4.69) is 21.2 Å². The Morgan fingerprint density at radius 3 is 2.75 bits per heavy atom. The minimum absolute atomic E-state index is 0.0220. The van der Waals surface area contributed by atoms with E-state index in [0.29, 0.717) is 12.1 Å². The highest BCUT2D eigenvalue weighted by Gasteiger charge is 2.33. The van der Waals surface area contributed by atoms with Gasteiger partial charge in [0.15, 0.2) is 5.03 Å². The molecule has 2 rings (SSSR count). The number of nitrogens with zero attached hydrogens (tertiary/aromatic N) is 1. The first-order chi connectivity index (χ1) is 9.53. The van der Waals surface area contributed by atoms with Gasteiger partial charge in [-0.25, -0.2) is 13.1 Å². The number of sulfonamides is 1. The van der Waals surface area contributed by atoms with Gasteiger partial charge in [0, 0.05) is 23.4 Å². The summed E-state index contributed by atoms with van der Waals surface area (Å²) in [7, 11) is -3.57. The number of hydrogen-bond acceptors (Lipinski definition) is 5. The summed E-state index contributed by atoms with van der Waals surface area (Å²) in [6.07, 6.45) is 9.21. The number of aromatic nitrogens is 2. The maximum Gasteiger partial charge on any atom is 0.257 e. The van der Waals surface area contributed by atoms with Crippen molar-refractivity contribution in [2.45, 2.75) is 48.4 Å². The van der Waals surface area contributed by atoms with Crippen molar-refractivity contribution in [1.82, 2.24) is 14.9 Å². The van der Waals surface area contributed by atoms with Crippen LogP contribution in [0.4, 0.5) is 0 Å². The molecule has 0 bridgehead atoms. The van der Waals surface area contributed by atoms with Crippen molar-refractivity contribution in [1.29, 1.82) is 0 Å². The van der Waals surface area contributed by atoms with Crippen molar-refractivity contribution < 1.29 is 8.42 Å². The van der Waals surface area contributed by atoms with Crippen molar-refractivity contribution in [2.24, 2.45) is 5.73 Å². The molecule has 1 aliphatic carbocycles. The molecule has 0 aliphatic heterocycles. The molecule has 0 spiro atoms. The Kier molecular flexibility index (Phi) is 5.11. The fraction of sp³-hybridized carbons (Fsp3) is 0.750. The molecule has 1 fully saturated rings. The van der Waals surface area contributed by atoms with Crippen LogP contribution in [-0.4, -0.2) is 36.2 Å². The van der Waals surface area contributed by atoms with E-state index in [1.807, 2.05) is 0 Å². The second kappa shape index (κ2) is 6.46. The summed E-state index contributed by atoms with van der Waals surface area (Å²) >= 11 is 1.76. The molecule has 0 aromatic carbocycles. The molecule has 1 heterocycles. The van der Waals surface area contributed by atoms with Gasteiger partial charge in [-0.1, -0.05) is 19.3 Å². The van der Waals surface area contributed by atoms with E-state index < -0.39 is 10.0 Å². The number of nitrogens with two attached hydrogens (primary N) is 1. The van der Waals surface area contributed by atoms with Crippen LogP contribution in [0.2, 0.25) is 0 Å². The van der Waals surface area contributed by atoms with Crippen LogP contribution >= 0.6 is 11.8 Å². The number of H-pyrrole nitrogens is 1. The van der Waals surface area contributed by atoms with E-state index in [1.54, 1.807) is 11.8 Å². The van der Waals surface area contributed by atoms with Gasteiger partial charge in [0.2, 0.25) is 0 Å². The Balaban J connectivity index is 2.09. The first-order valence-electron chi connectivity index (χ1n) is 6.80. The summed E-state index contributed by atoms with van der Waals surface area (Å²) in [5.74, 6) is 0. The highest BCUT2D eigenvalue weighted by Crippen LogP contribution is 2.38. The third-order valence-corrected chi connectivity index (χ3v) is 6.78. The van der Waals surface area contributed by atoms with Crippen LogP contribution in [0.15, 0.2) is 11.2 Å². The summed E-state index contributed by atoms with van der Waals surface area (Å²) < 4.78 is 27.4. The lowest BCUT2D eigenvalue weighted by Gasteiger charge is -2.35. The molecule has 1 aromatic rings. The molecule has 0 saturated heterocycles. The van der Waals surface area contributed by atoms with Crippen LogP contribution in [0.5, 0.6) is 0 Å². The van der Waals surface area contributed by atoms with Crippen LogP contribution in [0, 0.1) is 0 Å². The Labute approximate surface area is 124 Å². The van der Waals surface area contributed by atoms with Gasteiger partial charge >= 0.3 is 0 Å². The number of hydrogen-bond donors (Lipinski definition) is 3. The molecule has 6 nitrogen and oxygen atoms in total. The molecule has 0 radical (unpaired) electrons. The summed E-state index contributed by atoms with van der Waals surface area (Å²) in [5, 5.41) is 6.38. The molecule has 1 aliphatic rings. The zero-order chi connectivity index (χ0) is 14.6. The molecule has 0 amide bonds. The van der Waals surface area contributed by atoms with E-state index in [-0.39, 0.29) is 16.3 Å². The minimum atomic E-state index is -3.57. The number of thioether (sulfide) groups is 1. The van der Waals surface area contributed by atoms with Crippen LogP contribution < -0.4 is 10.5 Å². The van der Waals surface area contributed by atoms with E-state index in [0.717, 1.165) is 12.8 Å². The molecule has 4 N–H and O–H groups in total. The molecule has 1 saturated carbocycles. The molecule has 114 valence electrons. The SMILES string of the molecule is CSC1(CNS(=O)(=O)c2[nH]ncc2CN)CCCCC1. The van der Waals surface area contributed by atoms with Crippen molar-refractivity contribution in [3.8, 4) is 0 Å². The quantitative estimate of drug-likeness (QED) is 0.732. The molecular weight excluding hydrogens is 296 g/mol. The van der Waals surface area contributed by atoms with E-state index in [9.17, 15) is 8.42 Å².